The van der Waals surface area contributed by atoms with Crippen molar-refractivity contribution in [1.29, 1.82) is 0 Å². The molecule has 0 unspecified atom stereocenters. The van der Waals surface area contributed by atoms with E-state index in [1.807, 2.05) is 30.3 Å². The van der Waals surface area contributed by atoms with Gasteiger partial charge in [0.15, 0.2) is 0 Å². The predicted molar refractivity (Wildman–Crippen MR) is 89.0 cm³/mol. The molecule has 127 valence electrons. The average Bonchev–Trinajstić information content (AvgIpc) is 3.15. The standard InChI is InChI=1S/C16H14N5O3S/c22-14(17-12-6-4-5-11(9-12)15(23)24)10-25(16-18-20-21-19-16)13-7-2-1-3-8-13/h1-9H,10H2,(H,17,22)(H,23,24)(H,18,19,20,21)/p-1. The molecular weight excluding hydrogens is 342 g/mol. The highest BCUT2D eigenvalue weighted by Crippen LogP contribution is 2.41. The number of carbonyl (C=O) groups is 2. The summed E-state index contributed by atoms with van der Waals surface area (Å²) in [6.45, 7) is 0. The van der Waals surface area contributed by atoms with Crippen molar-refractivity contribution < 1.29 is 14.7 Å². The van der Waals surface area contributed by atoms with E-state index >= 15 is 0 Å². The van der Waals surface area contributed by atoms with E-state index in [2.05, 4.69) is 25.9 Å². The lowest BCUT2D eigenvalue weighted by molar-refractivity contribution is -0.255. The predicted octanol–water partition coefficient (Wildman–Crippen LogP) is 0.889. The summed E-state index contributed by atoms with van der Waals surface area (Å²) in [7, 11) is -0.695. The first-order valence-electron chi connectivity index (χ1n) is 7.24. The number of aromatic nitrogens is 4. The fraction of sp³-hybridized carbons (Fsp3) is 0.0625. The molecule has 9 heteroatoms. The summed E-state index contributed by atoms with van der Waals surface area (Å²) in [4.78, 5) is 24.2. The second-order valence-electron chi connectivity index (χ2n) is 4.96. The zero-order valence-electron chi connectivity index (χ0n) is 12.9. The Kier molecular flexibility index (Phi) is 5.05. The summed E-state index contributed by atoms with van der Waals surface area (Å²) in [5, 5.41) is 28.0. The highest BCUT2D eigenvalue weighted by Gasteiger charge is 2.20. The molecule has 0 aliphatic carbocycles. The Hall–Kier alpha value is -3.20. The SMILES string of the molecule is O=C(C[S](c1ccccc1)c1nn[nH]n1)Nc1cccc(C(=O)[O-])c1. The molecule has 2 N–H and O–H groups in total. The number of nitrogens with zero attached hydrogens (tertiary/aromatic N) is 3. The molecule has 0 fully saturated rings. The molecule has 0 bridgehead atoms. The number of hydrogen-bond donors (Lipinski definition) is 2. The van der Waals surface area contributed by atoms with Crippen LogP contribution < -0.4 is 10.4 Å². The zero-order chi connectivity index (χ0) is 17.6. The van der Waals surface area contributed by atoms with Crippen LogP contribution in [0.25, 0.3) is 0 Å². The third kappa shape index (κ3) is 4.21. The highest BCUT2D eigenvalue weighted by atomic mass is 32.2. The van der Waals surface area contributed by atoms with E-state index < -0.39 is 16.9 Å². The van der Waals surface area contributed by atoms with Crippen LogP contribution in [0.3, 0.4) is 0 Å². The van der Waals surface area contributed by atoms with Gasteiger partial charge in [0.05, 0.1) is 11.7 Å². The maximum absolute atomic E-state index is 12.4. The van der Waals surface area contributed by atoms with Crippen molar-refractivity contribution in [2.75, 3.05) is 11.1 Å². The Morgan fingerprint density at radius 3 is 2.60 bits per heavy atom. The molecule has 0 saturated carbocycles. The molecule has 1 radical (unpaired) electrons. The van der Waals surface area contributed by atoms with Crippen molar-refractivity contribution in [3.05, 3.63) is 60.2 Å². The molecule has 1 heterocycles. The van der Waals surface area contributed by atoms with Crippen molar-refractivity contribution in [2.24, 2.45) is 0 Å². The van der Waals surface area contributed by atoms with Crippen LogP contribution in [-0.2, 0) is 4.79 Å². The first-order valence-corrected chi connectivity index (χ1v) is 8.63. The van der Waals surface area contributed by atoms with Gasteiger partial charge in [0.25, 0.3) is 0 Å². The van der Waals surface area contributed by atoms with Gasteiger partial charge in [-0.3, -0.25) is 4.79 Å². The number of carboxylic acids is 1. The minimum atomic E-state index is -1.30. The summed E-state index contributed by atoms with van der Waals surface area (Å²) in [5.41, 5.74) is 0.384. The molecule has 2 aromatic carbocycles. The number of carboxylic acid groups (broad SMARTS) is 1. The maximum atomic E-state index is 12.4. The molecule has 0 aliphatic heterocycles. The molecule has 1 aromatic heterocycles. The van der Waals surface area contributed by atoms with Crippen molar-refractivity contribution in [3.63, 3.8) is 0 Å². The van der Waals surface area contributed by atoms with Crippen LogP contribution in [0.1, 0.15) is 10.4 Å². The van der Waals surface area contributed by atoms with Crippen LogP contribution in [-0.4, -0.2) is 38.3 Å². The summed E-state index contributed by atoms with van der Waals surface area (Å²) >= 11 is 0. The second-order valence-corrected chi connectivity index (χ2v) is 6.87. The number of H-pyrrole nitrogens is 1. The lowest BCUT2D eigenvalue weighted by Crippen LogP contribution is -2.22. The van der Waals surface area contributed by atoms with E-state index in [1.165, 1.54) is 18.2 Å². The molecule has 0 aliphatic rings. The number of benzene rings is 2. The molecule has 8 nitrogen and oxygen atoms in total. The Morgan fingerprint density at radius 1 is 1.12 bits per heavy atom. The number of hydrogen-bond acceptors (Lipinski definition) is 6. The van der Waals surface area contributed by atoms with Crippen molar-refractivity contribution in [1.82, 2.24) is 20.6 Å². The number of anilines is 1. The molecule has 0 atom stereocenters. The number of aromatic amines is 1. The quantitative estimate of drug-likeness (QED) is 0.677. The van der Waals surface area contributed by atoms with Gasteiger partial charge < -0.3 is 15.2 Å². The fourth-order valence-corrected chi connectivity index (χ4v) is 3.76. The van der Waals surface area contributed by atoms with Crippen molar-refractivity contribution >= 4 is 28.5 Å². The summed E-state index contributed by atoms with van der Waals surface area (Å²) in [6, 6.07) is 15.3. The second kappa shape index (κ2) is 7.58. The normalized spacial score (nSPS) is 10.6. The monoisotopic (exact) mass is 355 g/mol. The maximum Gasteiger partial charge on any atom is 0.234 e. The summed E-state index contributed by atoms with van der Waals surface area (Å²) in [5.74, 6) is -1.47. The Labute approximate surface area is 145 Å². The van der Waals surface area contributed by atoms with Crippen LogP contribution in [0, 0.1) is 0 Å². The van der Waals surface area contributed by atoms with Crippen LogP contribution >= 0.6 is 10.9 Å². The van der Waals surface area contributed by atoms with Gasteiger partial charge in [0.1, 0.15) is 0 Å². The van der Waals surface area contributed by atoms with Gasteiger partial charge in [0.2, 0.25) is 11.1 Å². The number of amides is 1. The zero-order valence-corrected chi connectivity index (χ0v) is 13.7. The van der Waals surface area contributed by atoms with Crippen LogP contribution in [0.4, 0.5) is 5.69 Å². The van der Waals surface area contributed by atoms with E-state index in [-0.39, 0.29) is 17.2 Å². The van der Waals surface area contributed by atoms with Crippen LogP contribution in [0.2, 0.25) is 0 Å². The number of carbonyl (C=O) groups excluding carboxylic acids is 2. The number of aromatic carboxylic acids is 1. The first-order chi connectivity index (χ1) is 12.1. The minimum Gasteiger partial charge on any atom is -0.545 e. The Bertz CT molecular complexity index is 870. The molecule has 1 amide bonds. The van der Waals surface area contributed by atoms with Gasteiger partial charge in [-0.1, -0.05) is 41.2 Å². The Balaban J connectivity index is 1.77. The van der Waals surface area contributed by atoms with Gasteiger partial charge in [-0.2, -0.15) is 5.21 Å². The van der Waals surface area contributed by atoms with E-state index in [4.69, 9.17) is 0 Å². The van der Waals surface area contributed by atoms with Gasteiger partial charge >= 0.3 is 0 Å². The summed E-state index contributed by atoms with van der Waals surface area (Å²) in [6.07, 6.45) is 0. The lowest BCUT2D eigenvalue weighted by atomic mass is 10.2. The summed E-state index contributed by atoms with van der Waals surface area (Å²) < 4.78 is 0. The molecular formula is C16H13N5O3S-. The van der Waals surface area contributed by atoms with E-state index in [0.717, 1.165) is 4.90 Å². The minimum absolute atomic E-state index is 0.00183. The first kappa shape index (κ1) is 16.7. The molecule has 0 spiro atoms. The van der Waals surface area contributed by atoms with Gasteiger partial charge in [0, 0.05) is 10.6 Å². The Morgan fingerprint density at radius 2 is 1.92 bits per heavy atom. The smallest absolute Gasteiger partial charge is 0.234 e. The highest BCUT2D eigenvalue weighted by molar-refractivity contribution is 8.17. The van der Waals surface area contributed by atoms with Gasteiger partial charge in [-0.15, -0.1) is 10.2 Å². The molecule has 3 aromatic rings. The molecule has 0 saturated heterocycles. The largest absolute Gasteiger partial charge is 0.545 e. The lowest BCUT2D eigenvalue weighted by Gasteiger charge is -2.16. The van der Waals surface area contributed by atoms with Gasteiger partial charge in [-0.25, -0.2) is 0 Å². The van der Waals surface area contributed by atoms with E-state index in [9.17, 15) is 14.7 Å². The van der Waals surface area contributed by atoms with Crippen LogP contribution in [0.15, 0.2) is 64.6 Å². The van der Waals surface area contributed by atoms with Crippen molar-refractivity contribution in [2.45, 2.75) is 10.1 Å². The third-order valence-electron chi connectivity index (χ3n) is 3.23. The van der Waals surface area contributed by atoms with Crippen molar-refractivity contribution in [3.8, 4) is 0 Å². The van der Waals surface area contributed by atoms with Gasteiger partial charge in [-0.05, 0) is 35.0 Å². The molecule has 3 rings (SSSR count). The van der Waals surface area contributed by atoms with Crippen LogP contribution in [0.5, 0.6) is 0 Å². The third-order valence-corrected chi connectivity index (χ3v) is 5.24. The van der Waals surface area contributed by atoms with E-state index in [1.54, 1.807) is 6.07 Å². The average molecular weight is 355 g/mol. The number of tetrazole rings is 1. The number of nitrogens with one attached hydrogen (secondary N) is 2. The topological polar surface area (TPSA) is 124 Å². The molecule has 25 heavy (non-hydrogen) atoms. The number of rotatable bonds is 6. The fourth-order valence-electron chi connectivity index (χ4n) is 2.15. The van der Waals surface area contributed by atoms with E-state index in [0.29, 0.717) is 10.8 Å².